The zero-order chi connectivity index (χ0) is 15.4. The van der Waals surface area contributed by atoms with Crippen molar-refractivity contribution in [3.05, 3.63) is 46.7 Å². The summed E-state index contributed by atoms with van der Waals surface area (Å²) in [5.74, 6) is 0.945. The van der Waals surface area contributed by atoms with E-state index in [-0.39, 0.29) is 11.7 Å². The number of aromatic nitrogens is 1. The van der Waals surface area contributed by atoms with Crippen molar-refractivity contribution in [1.29, 1.82) is 0 Å². The third-order valence-electron chi connectivity index (χ3n) is 2.80. The highest BCUT2D eigenvalue weighted by atomic mass is 32.2. The molecule has 1 heterocycles. The molecule has 0 aliphatic rings. The van der Waals surface area contributed by atoms with Gasteiger partial charge in [0.25, 0.3) is 0 Å². The van der Waals surface area contributed by atoms with Crippen LogP contribution in [0.5, 0.6) is 0 Å². The topological polar surface area (TPSA) is 72.2 Å². The second-order valence-corrected chi connectivity index (χ2v) is 6.55. The Morgan fingerprint density at radius 3 is 2.43 bits per heavy atom. The lowest BCUT2D eigenvalue weighted by Gasteiger charge is -2.05. The zero-order valence-electron chi connectivity index (χ0n) is 12.3. The highest BCUT2D eigenvalue weighted by Crippen LogP contribution is 2.11. The molecule has 0 radical (unpaired) electrons. The van der Waals surface area contributed by atoms with Crippen LogP contribution < -0.4 is 5.32 Å². The monoisotopic (exact) mass is 306 g/mol. The van der Waals surface area contributed by atoms with Gasteiger partial charge in [-0.25, -0.2) is 0 Å². The number of benzene rings is 1. The standard InChI is InChI=1S/C15H18N2O3S/c1-10-4-11(2)6-13(5-10)8-21(19)9-15(18)16-14-7-12(3)20-17-14/h4-7H,8-9H2,1-3H3,(H,16,17,18). The van der Waals surface area contributed by atoms with Crippen molar-refractivity contribution < 1.29 is 13.5 Å². The number of rotatable bonds is 5. The fourth-order valence-electron chi connectivity index (χ4n) is 2.14. The van der Waals surface area contributed by atoms with E-state index in [4.69, 9.17) is 4.52 Å². The van der Waals surface area contributed by atoms with Crippen molar-refractivity contribution in [1.82, 2.24) is 5.16 Å². The Balaban J connectivity index is 1.90. The van der Waals surface area contributed by atoms with Gasteiger partial charge >= 0.3 is 0 Å². The Labute approximate surface area is 126 Å². The number of nitrogens with zero attached hydrogens (tertiary/aromatic N) is 1. The van der Waals surface area contributed by atoms with Crippen LogP contribution in [0.3, 0.4) is 0 Å². The molecule has 0 saturated carbocycles. The summed E-state index contributed by atoms with van der Waals surface area (Å²) in [5, 5.41) is 6.23. The predicted octanol–water partition coefficient (Wildman–Crippen LogP) is 2.49. The van der Waals surface area contributed by atoms with Crippen molar-refractivity contribution in [2.45, 2.75) is 26.5 Å². The van der Waals surface area contributed by atoms with Crippen LogP contribution in [-0.2, 0) is 21.3 Å². The molecule has 0 aliphatic carbocycles. The molecular weight excluding hydrogens is 288 g/mol. The number of amides is 1. The Morgan fingerprint density at radius 2 is 1.86 bits per heavy atom. The Bertz CT molecular complexity index is 659. The third kappa shape index (κ3) is 4.82. The van der Waals surface area contributed by atoms with Crippen molar-refractivity contribution in [2.75, 3.05) is 11.1 Å². The molecule has 0 aliphatic heterocycles. The van der Waals surface area contributed by atoms with Crippen LogP contribution in [0.2, 0.25) is 0 Å². The lowest BCUT2D eigenvalue weighted by atomic mass is 10.1. The highest BCUT2D eigenvalue weighted by Gasteiger charge is 2.11. The molecule has 0 saturated heterocycles. The SMILES string of the molecule is Cc1cc(C)cc(CS(=O)CC(=O)Nc2cc(C)on2)c1. The fraction of sp³-hybridized carbons (Fsp3) is 0.333. The average molecular weight is 306 g/mol. The first-order valence-corrected chi connectivity index (χ1v) is 8.06. The molecule has 21 heavy (non-hydrogen) atoms. The molecule has 2 rings (SSSR count). The minimum absolute atomic E-state index is 0.0566. The van der Waals surface area contributed by atoms with E-state index in [2.05, 4.69) is 16.5 Å². The molecule has 1 atom stereocenters. The van der Waals surface area contributed by atoms with Gasteiger partial charge in [-0.15, -0.1) is 0 Å². The number of hydrogen-bond acceptors (Lipinski definition) is 4. The Hall–Kier alpha value is -1.95. The van der Waals surface area contributed by atoms with Crippen molar-refractivity contribution in [3.63, 3.8) is 0 Å². The van der Waals surface area contributed by atoms with E-state index in [0.29, 0.717) is 17.3 Å². The molecular formula is C15H18N2O3S. The molecule has 2 aromatic rings. The van der Waals surface area contributed by atoms with Crippen molar-refractivity contribution in [3.8, 4) is 0 Å². The van der Waals surface area contributed by atoms with E-state index >= 15 is 0 Å². The molecule has 1 N–H and O–H groups in total. The first-order chi connectivity index (χ1) is 9.92. The van der Waals surface area contributed by atoms with Crippen molar-refractivity contribution in [2.24, 2.45) is 0 Å². The van der Waals surface area contributed by atoms with E-state index in [1.807, 2.05) is 26.0 Å². The van der Waals surface area contributed by atoms with E-state index in [1.54, 1.807) is 13.0 Å². The number of aryl methyl sites for hydroxylation is 3. The zero-order valence-corrected chi connectivity index (χ0v) is 13.1. The third-order valence-corrected chi connectivity index (χ3v) is 4.04. The second-order valence-electron chi connectivity index (χ2n) is 5.10. The molecule has 1 unspecified atom stereocenters. The second kappa shape index (κ2) is 6.67. The van der Waals surface area contributed by atoms with E-state index in [0.717, 1.165) is 16.7 Å². The summed E-state index contributed by atoms with van der Waals surface area (Å²) in [6, 6.07) is 7.66. The van der Waals surface area contributed by atoms with Crippen LogP contribution in [0, 0.1) is 20.8 Å². The maximum Gasteiger partial charge on any atom is 0.238 e. The minimum Gasteiger partial charge on any atom is -0.360 e. The van der Waals surface area contributed by atoms with Crippen LogP contribution in [-0.4, -0.2) is 21.0 Å². The summed E-state index contributed by atoms with van der Waals surface area (Å²) in [4.78, 5) is 11.8. The van der Waals surface area contributed by atoms with Gasteiger partial charge < -0.3 is 9.84 Å². The largest absolute Gasteiger partial charge is 0.360 e. The average Bonchev–Trinajstić information content (AvgIpc) is 2.72. The molecule has 1 amide bonds. The molecule has 6 heteroatoms. The minimum atomic E-state index is -1.25. The number of anilines is 1. The van der Waals surface area contributed by atoms with Crippen LogP contribution in [0.4, 0.5) is 5.82 Å². The van der Waals surface area contributed by atoms with Crippen LogP contribution in [0.25, 0.3) is 0 Å². The van der Waals surface area contributed by atoms with Gasteiger partial charge in [0, 0.05) is 22.6 Å². The molecule has 0 fully saturated rings. The van der Waals surface area contributed by atoms with Gasteiger partial charge in [0.05, 0.1) is 0 Å². The van der Waals surface area contributed by atoms with E-state index in [9.17, 15) is 9.00 Å². The Kier molecular flexibility index (Phi) is 4.90. The first kappa shape index (κ1) is 15.4. The maximum atomic E-state index is 12.0. The van der Waals surface area contributed by atoms with E-state index in [1.165, 1.54) is 0 Å². The summed E-state index contributed by atoms with van der Waals surface area (Å²) in [6.07, 6.45) is 0. The highest BCUT2D eigenvalue weighted by molar-refractivity contribution is 7.84. The number of hydrogen-bond donors (Lipinski definition) is 1. The maximum absolute atomic E-state index is 12.0. The Morgan fingerprint density at radius 1 is 1.19 bits per heavy atom. The van der Waals surface area contributed by atoms with Gasteiger partial charge in [-0.1, -0.05) is 34.5 Å². The van der Waals surface area contributed by atoms with Gasteiger partial charge in [-0.2, -0.15) is 0 Å². The van der Waals surface area contributed by atoms with Crippen LogP contribution >= 0.6 is 0 Å². The first-order valence-electron chi connectivity index (χ1n) is 6.57. The predicted molar refractivity (Wildman–Crippen MR) is 82.5 cm³/mol. The lowest BCUT2D eigenvalue weighted by Crippen LogP contribution is -2.20. The van der Waals surface area contributed by atoms with Gasteiger partial charge in [0.1, 0.15) is 11.5 Å². The lowest BCUT2D eigenvalue weighted by molar-refractivity contribution is -0.113. The van der Waals surface area contributed by atoms with E-state index < -0.39 is 10.8 Å². The number of carbonyl (C=O) groups excluding carboxylic acids is 1. The molecule has 5 nitrogen and oxygen atoms in total. The normalized spacial score (nSPS) is 12.1. The number of carbonyl (C=O) groups is 1. The smallest absolute Gasteiger partial charge is 0.238 e. The van der Waals surface area contributed by atoms with Gasteiger partial charge in [-0.3, -0.25) is 9.00 Å². The van der Waals surface area contributed by atoms with Gasteiger partial charge in [0.15, 0.2) is 5.82 Å². The molecule has 0 spiro atoms. The molecule has 112 valence electrons. The quantitative estimate of drug-likeness (QED) is 0.921. The van der Waals surface area contributed by atoms with Crippen LogP contribution in [0.15, 0.2) is 28.8 Å². The van der Waals surface area contributed by atoms with Gasteiger partial charge in [0.2, 0.25) is 5.91 Å². The van der Waals surface area contributed by atoms with Gasteiger partial charge in [-0.05, 0) is 26.3 Å². The van der Waals surface area contributed by atoms with Crippen LogP contribution in [0.1, 0.15) is 22.5 Å². The molecule has 1 aromatic carbocycles. The molecule has 0 bridgehead atoms. The summed E-state index contributed by atoms with van der Waals surface area (Å²) < 4.78 is 16.9. The summed E-state index contributed by atoms with van der Waals surface area (Å²) in [5.41, 5.74) is 3.24. The fourth-order valence-corrected chi connectivity index (χ4v) is 3.14. The summed E-state index contributed by atoms with van der Waals surface area (Å²) in [7, 11) is -1.25. The van der Waals surface area contributed by atoms with Crippen molar-refractivity contribution >= 4 is 22.5 Å². The molecule has 1 aromatic heterocycles. The summed E-state index contributed by atoms with van der Waals surface area (Å²) in [6.45, 7) is 5.74. The number of nitrogens with one attached hydrogen (secondary N) is 1. The summed E-state index contributed by atoms with van der Waals surface area (Å²) >= 11 is 0.